The minimum atomic E-state index is -0.745. The van der Waals surface area contributed by atoms with E-state index >= 15 is 0 Å². The number of ketones is 1. The molecule has 18 nitrogen and oxygen atoms in total. The zero-order valence-electron chi connectivity index (χ0n) is 33.3. The van der Waals surface area contributed by atoms with E-state index in [4.69, 9.17) is 37.9 Å². The van der Waals surface area contributed by atoms with Crippen molar-refractivity contribution in [3.63, 3.8) is 0 Å². The maximum absolute atomic E-state index is 12.6. The predicted octanol–water partition coefficient (Wildman–Crippen LogP) is -0.189. The molecule has 0 radical (unpaired) electrons. The minimum absolute atomic E-state index is 0.0415. The van der Waals surface area contributed by atoms with Crippen molar-refractivity contribution in [3.05, 3.63) is 12.2 Å². The van der Waals surface area contributed by atoms with Crippen LogP contribution in [-0.4, -0.2) is 171 Å². The fourth-order valence-electron chi connectivity index (χ4n) is 4.68. The molecule has 0 aromatic carbocycles. The van der Waals surface area contributed by atoms with Crippen LogP contribution in [0.2, 0.25) is 0 Å². The van der Waals surface area contributed by atoms with Crippen LogP contribution in [-0.2, 0) is 66.7 Å². The zero-order valence-corrected chi connectivity index (χ0v) is 33.3. The minimum Gasteiger partial charge on any atom is -0.379 e. The van der Waals surface area contributed by atoms with Gasteiger partial charge in [0, 0.05) is 44.0 Å². The molecule has 55 heavy (non-hydrogen) atoms. The molecule has 0 unspecified atom stereocenters. The van der Waals surface area contributed by atoms with Crippen LogP contribution >= 0.6 is 0 Å². The van der Waals surface area contributed by atoms with Gasteiger partial charge in [0.05, 0.1) is 112 Å². The van der Waals surface area contributed by atoms with E-state index < -0.39 is 23.9 Å². The molecular formula is C37H64N4O14. The predicted molar refractivity (Wildman–Crippen MR) is 199 cm³/mol. The number of rotatable bonds is 36. The van der Waals surface area contributed by atoms with Crippen molar-refractivity contribution in [3.8, 4) is 0 Å². The van der Waals surface area contributed by atoms with E-state index in [0.717, 1.165) is 4.90 Å². The monoisotopic (exact) mass is 788 g/mol. The average Bonchev–Trinajstić information content (AvgIpc) is 3.47. The summed E-state index contributed by atoms with van der Waals surface area (Å²) in [6, 6.07) is -1.37. The van der Waals surface area contributed by atoms with Crippen molar-refractivity contribution in [2.24, 2.45) is 11.8 Å². The fourth-order valence-corrected chi connectivity index (χ4v) is 4.68. The number of carbonyl (C=O) groups excluding carboxylic acids is 6. The molecule has 5 amide bonds. The Morgan fingerprint density at radius 2 is 0.945 bits per heavy atom. The first-order valence-electron chi connectivity index (χ1n) is 19.0. The van der Waals surface area contributed by atoms with Crippen LogP contribution in [0.4, 0.5) is 0 Å². The maximum Gasteiger partial charge on any atom is 0.253 e. The lowest BCUT2D eigenvalue weighted by Crippen LogP contribution is -2.53. The highest BCUT2D eigenvalue weighted by Crippen LogP contribution is 2.06. The van der Waals surface area contributed by atoms with Crippen LogP contribution in [0.25, 0.3) is 0 Å². The van der Waals surface area contributed by atoms with Crippen LogP contribution in [0.15, 0.2) is 12.2 Å². The lowest BCUT2D eigenvalue weighted by molar-refractivity contribution is -0.137. The zero-order chi connectivity index (χ0) is 40.7. The van der Waals surface area contributed by atoms with Gasteiger partial charge < -0.3 is 53.8 Å². The van der Waals surface area contributed by atoms with E-state index in [1.54, 1.807) is 20.8 Å². The van der Waals surface area contributed by atoms with Gasteiger partial charge in [-0.15, -0.1) is 0 Å². The number of Topliss-reactive ketones (excluding diaryl/α,β-unsaturated/α-hetero) is 1. The third kappa shape index (κ3) is 25.4. The first-order valence-corrected chi connectivity index (χ1v) is 19.0. The quantitative estimate of drug-likeness (QED) is 0.0555. The van der Waals surface area contributed by atoms with Gasteiger partial charge in [-0.05, 0) is 12.8 Å². The third-order valence-electron chi connectivity index (χ3n) is 7.73. The van der Waals surface area contributed by atoms with Crippen LogP contribution in [0.3, 0.4) is 0 Å². The summed E-state index contributed by atoms with van der Waals surface area (Å²) in [6.45, 7) is 15.4. The number of amides is 5. The number of imide groups is 1. The normalized spacial score (nSPS) is 13.8. The molecular weight excluding hydrogens is 724 g/mol. The Balaban J connectivity index is 1.80. The van der Waals surface area contributed by atoms with Gasteiger partial charge in [0.2, 0.25) is 17.7 Å². The molecule has 0 spiro atoms. The van der Waals surface area contributed by atoms with Gasteiger partial charge in [-0.25, -0.2) is 0 Å². The van der Waals surface area contributed by atoms with E-state index in [2.05, 4.69) is 16.0 Å². The van der Waals surface area contributed by atoms with Crippen molar-refractivity contribution in [1.82, 2.24) is 20.9 Å². The Morgan fingerprint density at radius 1 is 0.545 bits per heavy atom. The number of hydrogen-bond donors (Lipinski definition) is 3. The highest BCUT2D eigenvalue weighted by molar-refractivity contribution is 6.13. The van der Waals surface area contributed by atoms with Crippen LogP contribution < -0.4 is 16.0 Å². The molecule has 1 aliphatic heterocycles. The highest BCUT2D eigenvalue weighted by atomic mass is 16.6. The summed E-state index contributed by atoms with van der Waals surface area (Å²) >= 11 is 0. The molecule has 1 aliphatic rings. The molecule has 3 N–H and O–H groups in total. The summed E-state index contributed by atoms with van der Waals surface area (Å²) in [5.41, 5.74) is 0. The molecule has 0 aliphatic carbocycles. The molecule has 0 saturated heterocycles. The topological polar surface area (TPSA) is 216 Å². The van der Waals surface area contributed by atoms with E-state index in [1.807, 2.05) is 13.8 Å². The van der Waals surface area contributed by atoms with Gasteiger partial charge in [0.25, 0.3) is 11.8 Å². The number of ether oxygens (including phenoxy) is 8. The lowest BCUT2D eigenvalue weighted by atomic mass is 10.00. The molecule has 0 saturated carbocycles. The van der Waals surface area contributed by atoms with Crippen molar-refractivity contribution in [2.75, 3.05) is 119 Å². The SMILES string of the molecule is CC(C)C(=O)[C@H](C)NC(=O)[C@@H](NC(=O)CCOCCOCCOCCOCCOCCOCCOCCOCCNC(=O)CCN1C(=O)C=CC1=O)C(C)C. The van der Waals surface area contributed by atoms with Gasteiger partial charge in [-0.1, -0.05) is 27.7 Å². The number of carbonyl (C=O) groups is 6. The van der Waals surface area contributed by atoms with Gasteiger partial charge in [-0.3, -0.25) is 33.7 Å². The van der Waals surface area contributed by atoms with E-state index in [-0.39, 0.29) is 61.3 Å². The maximum atomic E-state index is 12.6. The highest BCUT2D eigenvalue weighted by Gasteiger charge is 2.27. The Hall–Kier alpha value is -3.36. The van der Waals surface area contributed by atoms with E-state index in [9.17, 15) is 28.8 Å². The summed E-state index contributed by atoms with van der Waals surface area (Å²) < 4.78 is 43.6. The molecule has 18 heteroatoms. The first-order chi connectivity index (χ1) is 26.4. The largest absolute Gasteiger partial charge is 0.379 e. The standard InChI is InChI=1S/C37H64N4O14/c1-28(2)35(37(47)39-30(5)36(46)29(3)4)40-32(43)9-12-48-14-16-50-18-20-52-22-24-54-26-27-55-25-23-53-21-19-51-17-15-49-13-10-38-31(42)8-11-41-33(44)6-7-34(41)45/h6-7,28-30,35H,8-27H2,1-5H3,(H,38,42)(H,39,47)(H,40,43)/t30-,35-/m0/s1. The number of nitrogens with one attached hydrogen (secondary N) is 3. The summed E-state index contributed by atoms with van der Waals surface area (Å²) in [7, 11) is 0. The van der Waals surface area contributed by atoms with Crippen molar-refractivity contribution in [1.29, 1.82) is 0 Å². The summed E-state index contributed by atoms with van der Waals surface area (Å²) in [5.74, 6) is -2.18. The number of hydrogen-bond acceptors (Lipinski definition) is 14. The van der Waals surface area contributed by atoms with Crippen LogP contribution in [0, 0.1) is 11.8 Å². The first kappa shape index (κ1) is 49.7. The second kappa shape index (κ2) is 31.8. The second-order valence-corrected chi connectivity index (χ2v) is 13.0. The van der Waals surface area contributed by atoms with Crippen LogP contribution in [0.1, 0.15) is 47.5 Å². The van der Waals surface area contributed by atoms with E-state index in [0.29, 0.717) is 106 Å². The molecule has 0 aromatic rings. The number of nitrogens with zero attached hydrogens (tertiary/aromatic N) is 1. The van der Waals surface area contributed by atoms with Gasteiger partial charge in [0.15, 0.2) is 5.78 Å². The van der Waals surface area contributed by atoms with Gasteiger partial charge in [0.1, 0.15) is 6.04 Å². The summed E-state index contributed by atoms with van der Waals surface area (Å²) in [6.07, 6.45) is 2.51. The van der Waals surface area contributed by atoms with Crippen LogP contribution in [0.5, 0.6) is 0 Å². The van der Waals surface area contributed by atoms with E-state index in [1.165, 1.54) is 12.2 Å². The molecule has 0 aromatic heterocycles. The third-order valence-corrected chi connectivity index (χ3v) is 7.73. The van der Waals surface area contributed by atoms with Gasteiger partial charge in [-0.2, -0.15) is 0 Å². The Morgan fingerprint density at radius 3 is 1.35 bits per heavy atom. The molecule has 1 heterocycles. The Bertz CT molecular complexity index is 1130. The second-order valence-electron chi connectivity index (χ2n) is 13.0. The average molecular weight is 789 g/mol. The smallest absolute Gasteiger partial charge is 0.253 e. The summed E-state index contributed by atoms with van der Waals surface area (Å²) in [5, 5.41) is 8.10. The fraction of sp³-hybridized carbons (Fsp3) is 0.784. The lowest BCUT2D eigenvalue weighted by Gasteiger charge is -2.24. The molecule has 0 fully saturated rings. The molecule has 2 atom stereocenters. The van der Waals surface area contributed by atoms with Crippen molar-refractivity contribution in [2.45, 2.75) is 59.5 Å². The van der Waals surface area contributed by atoms with Crippen molar-refractivity contribution < 1.29 is 66.7 Å². The summed E-state index contributed by atoms with van der Waals surface area (Å²) in [4.78, 5) is 72.8. The molecule has 316 valence electrons. The Kier molecular flexibility index (Phi) is 28.7. The Labute approximate surface area is 324 Å². The molecule has 0 bridgehead atoms. The molecule has 1 rings (SSSR count). The van der Waals surface area contributed by atoms with Crippen molar-refractivity contribution >= 4 is 35.3 Å². The van der Waals surface area contributed by atoms with Gasteiger partial charge >= 0.3 is 0 Å².